The SMILES string of the molecule is O=C(NC1CC2CCN(CC2)C1)c1ccc(Oc2cccc(F)c2)cc1. The Morgan fingerprint density at radius 1 is 1.08 bits per heavy atom. The Labute approximate surface area is 153 Å². The Morgan fingerprint density at radius 3 is 2.58 bits per heavy atom. The van der Waals surface area contributed by atoms with Crippen molar-refractivity contribution < 1.29 is 13.9 Å². The number of carbonyl (C=O) groups excluding carboxylic acids is 1. The highest BCUT2D eigenvalue weighted by Gasteiger charge is 2.29. The summed E-state index contributed by atoms with van der Waals surface area (Å²) >= 11 is 0. The van der Waals surface area contributed by atoms with Crippen LogP contribution in [0, 0.1) is 11.7 Å². The van der Waals surface area contributed by atoms with Crippen molar-refractivity contribution in [3.05, 3.63) is 59.9 Å². The van der Waals surface area contributed by atoms with Gasteiger partial charge in [0.05, 0.1) is 0 Å². The summed E-state index contributed by atoms with van der Waals surface area (Å²) < 4.78 is 18.8. The molecule has 5 rings (SSSR count). The number of benzene rings is 2. The van der Waals surface area contributed by atoms with Crippen LogP contribution in [-0.2, 0) is 0 Å². The van der Waals surface area contributed by atoms with E-state index in [-0.39, 0.29) is 17.8 Å². The van der Waals surface area contributed by atoms with Gasteiger partial charge in [-0.2, -0.15) is 0 Å². The molecule has 2 aromatic rings. The fourth-order valence-electron chi connectivity index (χ4n) is 3.91. The van der Waals surface area contributed by atoms with Crippen LogP contribution in [0.25, 0.3) is 0 Å². The van der Waals surface area contributed by atoms with Gasteiger partial charge in [0.1, 0.15) is 17.3 Å². The Bertz CT molecular complexity index is 756. The molecule has 1 amide bonds. The molecule has 1 N–H and O–H groups in total. The largest absolute Gasteiger partial charge is 0.457 e. The van der Waals surface area contributed by atoms with Crippen LogP contribution in [-0.4, -0.2) is 36.5 Å². The molecular weight excluding hydrogens is 331 g/mol. The summed E-state index contributed by atoms with van der Waals surface area (Å²) in [6.45, 7) is 3.26. The molecule has 3 fully saturated rings. The zero-order chi connectivity index (χ0) is 17.9. The van der Waals surface area contributed by atoms with Crippen LogP contribution in [0.1, 0.15) is 29.6 Å². The van der Waals surface area contributed by atoms with E-state index in [0.29, 0.717) is 17.1 Å². The summed E-state index contributed by atoms with van der Waals surface area (Å²) in [4.78, 5) is 15.0. The fourth-order valence-corrected chi connectivity index (χ4v) is 3.91. The van der Waals surface area contributed by atoms with Gasteiger partial charge in [0.2, 0.25) is 0 Å². The topological polar surface area (TPSA) is 41.6 Å². The van der Waals surface area contributed by atoms with Crippen molar-refractivity contribution in [2.45, 2.75) is 25.3 Å². The van der Waals surface area contributed by atoms with E-state index in [2.05, 4.69) is 10.2 Å². The zero-order valence-corrected chi connectivity index (χ0v) is 14.7. The van der Waals surface area contributed by atoms with Crippen molar-refractivity contribution in [2.24, 2.45) is 5.92 Å². The Hall–Kier alpha value is -2.40. The number of nitrogens with zero attached hydrogens (tertiary/aromatic N) is 1. The van der Waals surface area contributed by atoms with Crippen molar-refractivity contribution in [1.82, 2.24) is 10.2 Å². The molecule has 3 aliphatic rings. The van der Waals surface area contributed by atoms with Crippen molar-refractivity contribution in [2.75, 3.05) is 19.6 Å². The van der Waals surface area contributed by atoms with Gasteiger partial charge in [-0.25, -0.2) is 4.39 Å². The lowest BCUT2D eigenvalue weighted by atomic mass is 9.94. The molecular formula is C21H23FN2O2. The molecule has 5 heteroatoms. The second kappa shape index (κ2) is 7.46. The number of halogens is 1. The van der Waals surface area contributed by atoms with Crippen LogP contribution in [0.3, 0.4) is 0 Å². The first-order valence-electron chi connectivity index (χ1n) is 9.22. The van der Waals surface area contributed by atoms with Crippen molar-refractivity contribution >= 4 is 5.91 Å². The maximum absolute atomic E-state index is 13.2. The van der Waals surface area contributed by atoms with E-state index in [0.717, 1.165) is 32.0 Å². The fraction of sp³-hybridized carbons (Fsp3) is 0.381. The first kappa shape index (κ1) is 17.0. The van der Waals surface area contributed by atoms with Crippen LogP contribution in [0.15, 0.2) is 48.5 Å². The quantitative estimate of drug-likeness (QED) is 0.907. The Morgan fingerprint density at radius 2 is 1.85 bits per heavy atom. The lowest BCUT2D eigenvalue weighted by molar-refractivity contribution is 0.0929. The molecule has 136 valence electrons. The molecule has 4 nitrogen and oxygen atoms in total. The summed E-state index contributed by atoms with van der Waals surface area (Å²) in [5.41, 5.74) is 0.614. The summed E-state index contributed by atoms with van der Waals surface area (Å²) in [6, 6.07) is 13.2. The average Bonchev–Trinajstić information content (AvgIpc) is 2.94. The molecule has 3 aliphatic heterocycles. The zero-order valence-electron chi connectivity index (χ0n) is 14.7. The average molecular weight is 354 g/mol. The molecule has 3 heterocycles. The molecule has 0 spiro atoms. The number of rotatable bonds is 4. The number of piperidine rings is 1. The lowest BCUT2D eigenvalue weighted by Crippen LogP contribution is -2.41. The van der Waals surface area contributed by atoms with E-state index in [1.54, 1.807) is 36.4 Å². The summed E-state index contributed by atoms with van der Waals surface area (Å²) in [5, 5.41) is 3.18. The third-order valence-corrected chi connectivity index (χ3v) is 5.29. The number of amides is 1. The standard InChI is InChI=1S/C21H23FN2O2/c22-17-2-1-3-20(13-17)26-19-6-4-16(5-7-19)21(25)23-18-12-15-8-10-24(14-18)11-9-15/h1-7,13,15,18H,8-12,14H2,(H,23,25). The maximum atomic E-state index is 13.2. The monoisotopic (exact) mass is 354 g/mol. The van der Waals surface area contributed by atoms with Gasteiger partial charge in [-0.15, -0.1) is 0 Å². The Kier molecular flexibility index (Phi) is 4.89. The number of nitrogens with one attached hydrogen (secondary N) is 1. The van der Waals surface area contributed by atoms with Gasteiger partial charge in [0.15, 0.2) is 0 Å². The Balaban J connectivity index is 1.37. The van der Waals surface area contributed by atoms with E-state index >= 15 is 0 Å². The van der Waals surface area contributed by atoms with Gasteiger partial charge in [-0.1, -0.05) is 6.07 Å². The van der Waals surface area contributed by atoms with Crippen LogP contribution >= 0.6 is 0 Å². The molecule has 1 atom stereocenters. The van der Waals surface area contributed by atoms with Gasteiger partial charge in [0, 0.05) is 24.2 Å². The number of carbonyl (C=O) groups is 1. The molecule has 0 aliphatic carbocycles. The molecule has 2 bridgehead atoms. The minimum Gasteiger partial charge on any atom is -0.457 e. The first-order valence-corrected chi connectivity index (χ1v) is 9.22. The smallest absolute Gasteiger partial charge is 0.251 e. The molecule has 0 aromatic heterocycles. The predicted octanol–water partition coefficient (Wildman–Crippen LogP) is 3.83. The minimum atomic E-state index is -0.341. The van der Waals surface area contributed by atoms with Crippen LogP contribution in [0.5, 0.6) is 11.5 Å². The highest BCUT2D eigenvalue weighted by atomic mass is 19.1. The van der Waals surface area contributed by atoms with Crippen molar-refractivity contribution in [3.63, 3.8) is 0 Å². The highest BCUT2D eigenvalue weighted by molar-refractivity contribution is 5.94. The predicted molar refractivity (Wildman–Crippen MR) is 98.0 cm³/mol. The maximum Gasteiger partial charge on any atom is 0.251 e. The van der Waals surface area contributed by atoms with E-state index in [1.165, 1.54) is 25.0 Å². The highest BCUT2D eigenvalue weighted by Crippen LogP contribution is 2.27. The summed E-state index contributed by atoms with van der Waals surface area (Å²) in [7, 11) is 0. The first-order chi connectivity index (χ1) is 12.7. The van der Waals surface area contributed by atoms with Crippen LogP contribution < -0.4 is 10.1 Å². The number of hydrogen-bond acceptors (Lipinski definition) is 3. The third-order valence-electron chi connectivity index (χ3n) is 5.29. The molecule has 3 saturated heterocycles. The van der Waals surface area contributed by atoms with E-state index in [4.69, 9.17) is 4.74 Å². The van der Waals surface area contributed by atoms with Gasteiger partial charge in [0.25, 0.3) is 5.91 Å². The molecule has 2 aromatic carbocycles. The number of fused-ring (bicyclic) bond motifs is 4. The normalized spacial score (nSPS) is 24.7. The molecule has 0 radical (unpaired) electrons. The van der Waals surface area contributed by atoms with Crippen LogP contribution in [0.4, 0.5) is 4.39 Å². The van der Waals surface area contributed by atoms with Crippen molar-refractivity contribution in [1.29, 1.82) is 0 Å². The van der Waals surface area contributed by atoms with E-state index < -0.39 is 0 Å². The van der Waals surface area contributed by atoms with Gasteiger partial charge < -0.3 is 15.0 Å². The van der Waals surface area contributed by atoms with Gasteiger partial charge >= 0.3 is 0 Å². The second-order valence-corrected chi connectivity index (χ2v) is 7.23. The van der Waals surface area contributed by atoms with E-state index in [1.807, 2.05) is 0 Å². The summed E-state index contributed by atoms with van der Waals surface area (Å²) in [6.07, 6.45) is 3.57. The lowest BCUT2D eigenvalue weighted by Gasteiger charge is -2.26. The molecule has 0 saturated carbocycles. The third kappa shape index (κ3) is 4.05. The second-order valence-electron chi connectivity index (χ2n) is 7.23. The molecule has 1 unspecified atom stereocenters. The molecule has 26 heavy (non-hydrogen) atoms. The number of hydrogen-bond donors (Lipinski definition) is 1. The van der Waals surface area contributed by atoms with Crippen LogP contribution in [0.2, 0.25) is 0 Å². The number of ether oxygens (including phenoxy) is 1. The van der Waals surface area contributed by atoms with Crippen molar-refractivity contribution in [3.8, 4) is 11.5 Å². The van der Waals surface area contributed by atoms with E-state index in [9.17, 15) is 9.18 Å². The van der Waals surface area contributed by atoms with Gasteiger partial charge in [-0.05, 0) is 74.7 Å². The summed E-state index contributed by atoms with van der Waals surface area (Å²) in [5.74, 6) is 1.36. The minimum absolute atomic E-state index is 0.0465. The van der Waals surface area contributed by atoms with Gasteiger partial charge in [-0.3, -0.25) is 4.79 Å².